The molecule has 1 aromatic heterocycles. The Bertz CT molecular complexity index is 1080. The molecular weight excluding hydrogens is 395 g/mol. The van der Waals surface area contributed by atoms with E-state index in [0.29, 0.717) is 18.0 Å². The number of nitrogens with zero attached hydrogens (tertiary/aromatic N) is 2. The van der Waals surface area contributed by atoms with E-state index in [4.69, 9.17) is 9.47 Å². The Balaban J connectivity index is 1.72. The number of hydrogen-bond acceptors (Lipinski definition) is 5. The van der Waals surface area contributed by atoms with E-state index in [-0.39, 0.29) is 29.3 Å². The van der Waals surface area contributed by atoms with Gasteiger partial charge in [-0.25, -0.2) is 13.9 Å². The molecule has 8 heteroatoms. The molecule has 1 unspecified atom stereocenters. The Labute approximate surface area is 169 Å². The number of carbonyl (C=O) groups excluding carboxylic acids is 1. The fourth-order valence-corrected chi connectivity index (χ4v) is 3.69. The van der Waals surface area contributed by atoms with Crippen LogP contribution in [0.4, 0.5) is 4.39 Å². The first kappa shape index (κ1) is 19.3. The zero-order valence-electron chi connectivity index (χ0n) is 15.8. The van der Waals surface area contributed by atoms with Crippen LogP contribution in [0.2, 0.25) is 0 Å². The van der Waals surface area contributed by atoms with Crippen LogP contribution in [0.3, 0.4) is 0 Å². The highest BCUT2D eigenvalue weighted by Gasteiger charge is 2.30. The molecule has 4 rings (SSSR count). The zero-order valence-corrected chi connectivity index (χ0v) is 16.6. The third-order valence-electron chi connectivity index (χ3n) is 4.60. The molecule has 2 heterocycles. The van der Waals surface area contributed by atoms with Gasteiger partial charge in [-0.15, -0.1) is 0 Å². The van der Waals surface area contributed by atoms with Crippen LogP contribution in [-0.2, 0) is 28.7 Å². The van der Waals surface area contributed by atoms with E-state index >= 15 is 0 Å². The minimum atomic E-state index is -1.32. The van der Waals surface area contributed by atoms with Crippen molar-refractivity contribution in [3.63, 3.8) is 0 Å². The number of benzene rings is 2. The fourth-order valence-electron chi connectivity index (χ4n) is 3.16. The van der Waals surface area contributed by atoms with Crippen molar-refractivity contribution in [1.29, 1.82) is 0 Å². The van der Waals surface area contributed by atoms with Crippen molar-refractivity contribution in [3.8, 4) is 17.1 Å². The normalized spacial score (nSPS) is 14.0. The Hall–Kier alpha value is -3.00. The standard InChI is InChI=1S/C21H19FN2O4S/c1-29(26)15-8-9-16(17(22)12-15)19-18(20-24(23-19)10-5-11-27-20)21(25)28-13-14-6-3-2-4-7-14/h2-4,6-9,12H,5,10-11,13H2,1H3. The first-order chi connectivity index (χ1) is 14.0. The van der Waals surface area contributed by atoms with Gasteiger partial charge >= 0.3 is 5.97 Å². The summed E-state index contributed by atoms with van der Waals surface area (Å²) in [6.07, 6.45) is 2.22. The molecule has 0 bridgehead atoms. The van der Waals surface area contributed by atoms with Crippen molar-refractivity contribution in [2.24, 2.45) is 0 Å². The molecule has 0 fully saturated rings. The van der Waals surface area contributed by atoms with Crippen LogP contribution in [0.5, 0.6) is 5.88 Å². The molecule has 1 aliphatic heterocycles. The summed E-state index contributed by atoms with van der Waals surface area (Å²) in [4.78, 5) is 13.3. The number of aryl methyl sites for hydroxylation is 1. The molecule has 6 nitrogen and oxygen atoms in total. The Morgan fingerprint density at radius 2 is 2.07 bits per heavy atom. The van der Waals surface area contributed by atoms with Crippen molar-refractivity contribution in [1.82, 2.24) is 9.78 Å². The minimum absolute atomic E-state index is 0.0833. The Morgan fingerprint density at radius 1 is 1.28 bits per heavy atom. The number of rotatable bonds is 5. The largest absolute Gasteiger partial charge is 0.477 e. The molecule has 0 aliphatic carbocycles. The third-order valence-corrected chi connectivity index (χ3v) is 5.52. The number of fused-ring (bicyclic) bond motifs is 1. The quantitative estimate of drug-likeness (QED) is 0.597. The van der Waals surface area contributed by atoms with E-state index in [2.05, 4.69) is 5.10 Å². The molecule has 0 N–H and O–H groups in total. The lowest BCUT2D eigenvalue weighted by molar-refractivity contribution is 0.0466. The number of halogens is 1. The van der Waals surface area contributed by atoms with Crippen LogP contribution in [0, 0.1) is 5.82 Å². The van der Waals surface area contributed by atoms with E-state index in [9.17, 15) is 13.4 Å². The molecule has 0 amide bonds. The maximum absolute atomic E-state index is 14.8. The van der Waals surface area contributed by atoms with Gasteiger partial charge in [-0.05, 0) is 23.8 Å². The van der Waals surface area contributed by atoms with E-state index in [1.807, 2.05) is 30.3 Å². The van der Waals surface area contributed by atoms with Gasteiger partial charge in [0.1, 0.15) is 23.7 Å². The average Bonchev–Trinajstić information content (AvgIpc) is 3.12. The van der Waals surface area contributed by atoms with Crippen molar-refractivity contribution in [2.75, 3.05) is 12.9 Å². The van der Waals surface area contributed by atoms with Gasteiger partial charge in [0.25, 0.3) is 0 Å². The predicted octanol–water partition coefficient (Wildman–Crippen LogP) is 3.57. The first-order valence-electron chi connectivity index (χ1n) is 9.12. The molecular formula is C21H19FN2O4S. The number of esters is 1. The van der Waals surface area contributed by atoms with Gasteiger partial charge in [-0.2, -0.15) is 5.10 Å². The third kappa shape index (κ3) is 3.93. The second kappa shape index (κ2) is 8.16. The van der Waals surface area contributed by atoms with Crippen molar-refractivity contribution in [2.45, 2.75) is 24.5 Å². The van der Waals surface area contributed by atoms with Gasteiger partial charge in [0.05, 0.1) is 6.61 Å². The molecule has 3 aromatic rings. The average molecular weight is 414 g/mol. The van der Waals surface area contributed by atoms with Crippen LogP contribution in [0.1, 0.15) is 22.3 Å². The summed E-state index contributed by atoms with van der Waals surface area (Å²) in [5.41, 5.74) is 1.23. The van der Waals surface area contributed by atoms with Gasteiger partial charge in [0, 0.05) is 40.5 Å². The Morgan fingerprint density at radius 3 is 2.79 bits per heavy atom. The first-order valence-corrected chi connectivity index (χ1v) is 10.7. The summed E-state index contributed by atoms with van der Waals surface area (Å²) in [5.74, 6) is -0.952. The second-order valence-electron chi connectivity index (χ2n) is 6.61. The minimum Gasteiger partial charge on any atom is -0.477 e. The molecule has 2 aromatic carbocycles. The van der Waals surface area contributed by atoms with Crippen LogP contribution < -0.4 is 4.74 Å². The van der Waals surface area contributed by atoms with Crippen LogP contribution in [0.25, 0.3) is 11.3 Å². The smallest absolute Gasteiger partial charge is 0.346 e. The van der Waals surface area contributed by atoms with E-state index in [0.717, 1.165) is 12.0 Å². The molecule has 0 saturated carbocycles. The Kier molecular flexibility index (Phi) is 5.44. The molecule has 0 radical (unpaired) electrons. The number of hydrogen-bond donors (Lipinski definition) is 0. The van der Waals surface area contributed by atoms with Crippen LogP contribution in [0.15, 0.2) is 53.4 Å². The maximum atomic E-state index is 14.8. The molecule has 150 valence electrons. The van der Waals surface area contributed by atoms with Crippen molar-refractivity contribution in [3.05, 3.63) is 65.5 Å². The summed E-state index contributed by atoms with van der Waals surface area (Å²) in [5, 5.41) is 4.41. The molecule has 29 heavy (non-hydrogen) atoms. The fraction of sp³-hybridized carbons (Fsp3) is 0.238. The molecule has 0 saturated heterocycles. The molecule has 1 aliphatic rings. The highest BCUT2D eigenvalue weighted by molar-refractivity contribution is 7.84. The maximum Gasteiger partial charge on any atom is 0.346 e. The monoisotopic (exact) mass is 414 g/mol. The summed E-state index contributed by atoms with van der Waals surface area (Å²) in [7, 11) is -1.32. The number of aromatic nitrogens is 2. The summed E-state index contributed by atoms with van der Waals surface area (Å²) in [6, 6.07) is 13.5. The second-order valence-corrected chi connectivity index (χ2v) is 7.99. The van der Waals surface area contributed by atoms with E-state index < -0.39 is 22.6 Å². The lowest BCUT2D eigenvalue weighted by atomic mass is 10.1. The van der Waals surface area contributed by atoms with Crippen LogP contribution >= 0.6 is 0 Å². The van der Waals surface area contributed by atoms with Crippen molar-refractivity contribution < 1.29 is 22.9 Å². The van der Waals surface area contributed by atoms with Gasteiger partial charge in [0.15, 0.2) is 0 Å². The number of ether oxygens (including phenoxy) is 2. The molecule has 1 atom stereocenters. The zero-order chi connectivity index (χ0) is 20.4. The topological polar surface area (TPSA) is 70.4 Å². The van der Waals surface area contributed by atoms with Crippen LogP contribution in [-0.4, -0.2) is 32.8 Å². The summed E-state index contributed by atoms with van der Waals surface area (Å²) < 4.78 is 39.1. The predicted molar refractivity (Wildman–Crippen MR) is 106 cm³/mol. The highest BCUT2D eigenvalue weighted by Crippen LogP contribution is 2.35. The lowest BCUT2D eigenvalue weighted by Gasteiger charge is -2.15. The van der Waals surface area contributed by atoms with E-state index in [1.165, 1.54) is 18.4 Å². The van der Waals surface area contributed by atoms with Gasteiger partial charge in [-0.1, -0.05) is 30.3 Å². The van der Waals surface area contributed by atoms with E-state index in [1.54, 1.807) is 10.7 Å². The SMILES string of the molecule is CS(=O)c1ccc(-c2nn3c(c2C(=O)OCc2ccccc2)OCCC3)c(F)c1. The number of carbonyl (C=O) groups is 1. The summed E-state index contributed by atoms with van der Waals surface area (Å²) in [6.45, 7) is 1.09. The molecule has 0 spiro atoms. The lowest BCUT2D eigenvalue weighted by Crippen LogP contribution is -2.16. The highest BCUT2D eigenvalue weighted by atomic mass is 32.2. The van der Waals surface area contributed by atoms with Gasteiger partial charge < -0.3 is 9.47 Å². The van der Waals surface area contributed by atoms with Gasteiger partial charge in [-0.3, -0.25) is 4.21 Å². The summed E-state index contributed by atoms with van der Waals surface area (Å²) >= 11 is 0. The van der Waals surface area contributed by atoms with Crippen molar-refractivity contribution >= 4 is 16.8 Å². The van der Waals surface area contributed by atoms with Gasteiger partial charge in [0.2, 0.25) is 5.88 Å².